The fraction of sp³-hybridized carbons (Fsp3) is 0.342. The number of benzene rings is 7. The average molecular weight is 1450 g/mol. The van der Waals surface area contributed by atoms with Crippen LogP contribution in [0, 0.1) is 0 Å². The molecule has 0 aliphatic carbocycles. The molecule has 15 rings (SSSR count). The molecular weight excluding hydrogens is 1360 g/mol. The third-order valence-electron chi connectivity index (χ3n) is 18.2. The zero-order chi connectivity index (χ0) is 71.4. The lowest BCUT2D eigenvalue weighted by Crippen LogP contribution is -2.38. The van der Waals surface area contributed by atoms with E-state index in [-0.39, 0.29) is 28.1 Å². The van der Waals surface area contributed by atoms with E-state index >= 15 is 0 Å². The molecule has 0 spiro atoms. The number of para-hydroxylation sites is 1. The van der Waals surface area contributed by atoms with Crippen LogP contribution in [0.4, 0.5) is 11.6 Å². The third-order valence-corrected chi connectivity index (χ3v) is 19.1. The van der Waals surface area contributed by atoms with Crippen molar-refractivity contribution >= 4 is 50.0 Å². The summed E-state index contributed by atoms with van der Waals surface area (Å²) in [5.41, 5.74) is 5.80. The van der Waals surface area contributed by atoms with Crippen LogP contribution in [0.5, 0.6) is 5.75 Å². The number of aromatic nitrogens is 8. The predicted octanol–water partition coefficient (Wildman–Crippen LogP) is 15.0. The molecule has 4 aliphatic heterocycles. The van der Waals surface area contributed by atoms with Gasteiger partial charge in [-0.05, 0) is 97.4 Å². The minimum atomic E-state index is -2.80. The maximum absolute atomic E-state index is 11.3. The van der Waals surface area contributed by atoms with Gasteiger partial charge in [0.25, 0.3) is 0 Å². The first-order valence-electron chi connectivity index (χ1n) is 34.0. The Morgan fingerprint density at radius 1 is 0.490 bits per heavy atom. The number of aliphatic hydroxyl groups excluding tert-OH is 1. The number of hydrogen-bond donors (Lipinski definition) is 4. The summed E-state index contributed by atoms with van der Waals surface area (Å²) >= 11 is 0. The average Bonchev–Trinajstić information content (AvgIpc) is 1.17. The van der Waals surface area contributed by atoms with Gasteiger partial charge in [0.15, 0.2) is 47.7 Å². The van der Waals surface area contributed by atoms with Crippen LogP contribution in [-0.2, 0) is 53.2 Å². The van der Waals surface area contributed by atoms with Gasteiger partial charge in [-0.3, -0.25) is 4.52 Å². The van der Waals surface area contributed by atoms with Gasteiger partial charge in [-0.25, -0.2) is 29.3 Å². The summed E-state index contributed by atoms with van der Waals surface area (Å²) in [6.07, 6.45) is 1.98. The monoisotopic (exact) mass is 1450 g/mol. The summed E-state index contributed by atoms with van der Waals surface area (Å²) in [7, 11) is -4.33. The van der Waals surface area contributed by atoms with Crippen LogP contribution in [0.3, 0.4) is 0 Å². The molecule has 11 aromatic rings. The molecule has 4 aliphatic rings. The summed E-state index contributed by atoms with van der Waals surface area (Å²) in [6, 6.07) is 70.9. The number of rotatable bonds is 21. The van der Waals surface area contributed by atoms with Crippen molar-refractivity contribution in [3.8, 4) is 5.75 Å². The van der Waals surface area contributed by atoms with E-state index in [1.54, 1.807) is 33.9 Å². The highest BCUT2D eigenvalue weighted by Crippen LogP contribution is 2.48. The van der Waals surface area contributed by atoms with Gasteiger partial charge in [-0.15, -0.1) is 9.42 Å². The van der Waals surface area contributed by atoms with Crippen molar-refractivity contribution in [3.63, 3.8) is 0 Å². The van der Waals surface area contributed by atoms with E-state index in [2.05, 4.69) is 124 Å². The van der Waals surface area contributed by atoms with Crippen LogP contribution in [0.25, 0.3) is 22.1 Å². The molecule has 4 saturated heterocycles. The van der Waals surface area contributed by atoms with Gasteiger partial charge in [0, 0.05) is 4.57 Å². The number of nitrogens with zero attached hydrogens (tertiary/aromatic N) is 9. The molecule has 25 heteroatoms. The van der Waals surface area contributed by atoms with Crippen molar-refractivity contribution in [2.45, 2.75) is 135 Å². The van der Waals surface area contributed by atoms with Gasteiger partial charge in [0.05, 0.1) is 29.8 Å². The molecule has 4 unspecified atom stereocenters. The molecule has 4 fully saturated rings. The van der Waals surface area contributed by atoms with Crippen molar-refractivity contribution in [1.82, 2.24) is 44.4 Å². The lowest BCUT2D eigenvalue weighted by molar-refractivity contribution is -0.201. The molecule has 0 radical (unpaired) electrons. The first-order chi connectivity index (χ1) is 49.5. The molecule has 544 valence electrons. The topological polar surface area (TPSA) is 263 Å². The molecule has 4 aromatic heterocycles. The second-order valence-corrected chi connectivity index (χ2v) is 27.3. The van der Waals surface area contributed by atoms with Crippen LogP contribution in [0.2, 0.25) is 0 Å². The minimum Gasteiger partial charge on any atom is -0.394 e. The van der Waals surface area contributed by atoms with Gasteiger partial charge in [-0.2, -0.15) is 10.2 Å². The van der Waals surface area contributed by atoms with Crippen LogP contribution >= 0.6 is 16.3 Å². The van der Waals surface area contributed by atoms with E-state index in [9.17, 15) is 19.1 Å². The van der Waals surface area contributed by atoms with Crippen molar-refractivity contribution in [1.29, 1.82) is 0 Å². The lowest BCUT2D eigenvalue weighted by Gasteiger charge is -2.37. The fourth-order valence-corrected chi connectivity index (χ4v) is 14.3. The van der Waals surface area contributed by atoms with Crippen molar-refractivity contribution in [2.75, 3.05) is 50.1 Å². The Balaban J connectivity index is 0.000000180. The van der Waals surface area contributed by atoms with E-state index in [0.717, 1.165) is 38.8 Å². The molecule has 10 atom stereocenters. The third kappa shape index (κ3) is 16.8. The normalized spacial score (nSPS) is 20.7. The van der Waals surface area contributed by atoms with Crippen LogP contribution in [0.1, 0.15) is 109 Å². The highest BCUT2D eigenvalue weighted by atomic mass is 31.1. The van der Waals surface area contributed by atoms with Crippen LogP contribution in [0.15, 0.2) is 237 Å². The molecule has 8 heterocycles. The molecule has 0 amide bonds. The van der Waals surface area contributed by atoms with Gasteiger partial charge in [0.2, 0.25) is 0 Å². The number of anilines is 2. The van der Waals surface area contributed by atoms with E-state index in [0.29, 0.717) is 34.1 Å². The van der Waals surface area contributed by atoms with Gasteiger partial charge >= 0.3 is 16.3 Å². The molecule has 23 nitrogen and oxygen atoms in total. The summed E-state index contributed by atoms with van der Waals surface area (Å²) in [5.74, 6) is 0.174. The number of nitrogens with one attached hydrogen (secondary N) is 2. The minimum absolute atomic E-state index is 0. The van der Waals surface area contributed by atoms with Crippen LogP contribution in [-0.4, -0.2) is 142 Å². The van der Waals surface area contributed by atoms with E-state index in [1.165, 1.54) is 39.0 Å². The van der Waals surface area contributed by atoms with Crippen molar-refractivity contribution in [2.24, 2.45) is 0 Å². The number of fused-ring (bicyclic) bond motifs is 4. The smallest absolute Gasteiger partial charge is 0.394 e. The Hall–Kier alpha value is -9.16. The zero-order valence-corrected chi connectivity index (χ0v) is 59.9. The summed E-state index contributed by atoms with van der Waals surface area (Å²) < 4.78 is 72.1. The molecule has 4 N–H and O–H groups in total. The Bertz CT molecular complexity index is 4320. The summed E-state index contributed by atoms with van der Waals surface area (Å²) in [6.45, 7) is 18.7. The number of hydrogen-bond acceptors (Lipinski definition) is 20. The van der Waals surface area contributed by atoms with Crippen LogP contribution < -0.4 is 15.2 Å². The lowest BCUT2D eigenvalue weighted by atomic mass is 9.77. The Labute approximate surface area is 609 Å². The fourth-order valence-electron chi connectivity index (χ4n) is 13.6. The Morgan fingerprint density at radius 2 is 0.808 bits per heavy atom. The van der Waals surface area contributed by atoms with Crippen molar-refractivity contribution in [3.05, 3.63) is 271 Å². The molecule has 104 heavy (non-hydrogen) atoms. The first-order valence-corrected chi connectivity index (χ1v) is 36.8. The van der Waals surface area contributed by atoms with E-state index in [1.807, 2.05) is 155 Å². The standard InChI is InChI=1S/C32H30N5O6P.C32H31N5O4.C7H8O2P.C6H15N.2CH4/c1-31(2)42-26-25(19-40-44(38)39)41-30(27(26)43-31)37-29-24(18-35-37)28(33-20-34-29)36-32(21-12-6-3-7-13-21,22-14-8-4-9-15-22)23-16-10-5-11-17-23;1-31(2)40-26-25(19-38)39-30(27(26)41-31)37-29-24(18-35-37)28(33-20-34-29)36-32(21-12-6-3-7-13-21,22-14-8-4-9-15-22)23-16-10-5-11-17-23;1-10(8)9-7-5-3-2-4-6-7;1-4-7(5-2)6-3;;/h3-18,20,25-27,30H,19H2,1-2H3,(H-,33,34,36,38,39);3-18,20,25-27,30,38H,19H2,1-2H3,(H,33,34,36);2-6H,1H3;4-6H2,1-3H3;2*1H4/q;;+1;;;/p+1/t2*25-,26+,27?,30-;;;;/m11..../s1. The largest absolute Gasteiger partial charge is 0.694 e. The Morgan fingerprint density at radius 3 is 1.12 bits per heavy atom. The maximum Gasteiger partial charge on any atom is 0.694 e. The zero-order valence-electron chi connectivity index (χ0n) is 58.1. The molecule has 7 aromatic carbocycles. The highest BCUT2D eigenvalue weighted by molar-refractivity contribution is 7.38. The second kappa shape index (κ2) is 34.6. The van der Waals surface area contributed by atoms with Crippen molar-refractivity contribution < 1.29 is 56.6 Å². The number of ether oxygens (including phenoxy) is 6. The van der Waals surface area contributed by atoms with E-state index in [4.69, 9.17) is 52.5 Å². The number of aliphatic hydroxyl groups is 1. The van der Waals surface area contributed by atoms with Gasteiger partial charge in [-0.1, -0.05) is 236 Å². The maximum atomic E-state index is 11.3. The van der Waals surface area contributed by atoms with E-state index < -0.39 is 88.0 Å². The quantitative estimate of drug-likeness (QED) is 0.0385. The molecule has 0 bridgehead atoms. The Kier molecular flexibility index (Phi) is 25.8. The SMILES string of the molecule is C.C.CC1(C)OC2[C@@H](O1)[C@@H](CO)O[C@H]2n1ncc2c(NC(c3ccccc3)(c3ccccc3)c3ccccc3)ncnc21.CC1(C)OC2[C@@H](O1)[C@@H](CO[P+](=O)O)O[C@H]2n1ncc2c(NC(c3ccccc3)(c3ccccc3)c3ccccc3)ncnc21.CCN(CC)CC.C[P+](=O)Oc1ccccc1. The van der Waals surface area contributed by atoms with Gasteiger partial charge in [0.1, 0.15) is 78.6 Å². The predicted molar refractivity (Wildman–Crippen MR) is 402 cm³/mol. The second-order valence-electron chi connectivity index (χ2n) is 25.5. The molecular formula is C79H93N11O12P2+2. The summed E-state index contributed by atoms with van der Waals surface area (Å²) in [5, 5.41) is 28.4. The highest BCUT2D eigenvalue weighted by Gasteiger charge is 2.58. The first kappa shape index (κ1) is 77.5. The van der Waals surface area contributed by atoms with Gasteiger partial charge < -0.3 is 49.1 Å². The summed E-state index contributed by atoms with van der Waals surface area (Å²) in [4.78, 5) is 30.2. The molecule has 0 saturated carbocycles.